The summed E-state index contributed by atoms with van der Waals surface area (Å²) >= 11 is 0. The van der Waals surface area contributed by atoms with Crippen LogP contribution in [0.5, 0.6) is 0 Å². The van der Waals surface area contributed by atoms with Crippen molar-refractivity contribution in [3.8, 4) is 0 Å². The number of hydrogen-bond donors (Lipinski definition) is 6. The normalized spacial score (nSPS) is 4.29. The molecule has 0 fully saturated rings. The van der Waals surface area contributed by atoms with E-state index < -0.39 is 0 Å². The summed E-state index contributed by atoms with van der Waals surface area (Å²) in [6.07, 6.45) is 0. The van der Waals surface area contributed by atoms with Crippen LogP contribution in [-0.4, -0.2) is 22.7 Å². The molecule has 0 heterocycles. The van der Waals surface area contributed by atoms with E-state index in [-0.39, 0.29) is 0 Å². The molecule has 6 heteroatoms. The predicted octanol–water partition coefficient (Wildman–Crippen LogP) is -1.74. The Morgan fingerprint density at radius 3 is 1.14 bits per heavy atom. The van der Waals surface area contributed by atoms with E-state index in [4.69, 9.17) is 15.6 Å². The van der Waals surface area contributed by atoms with Gasteiger partial charge in [0.15, 0.2) is 0 Å². The van der Waals surface area contributed by atoms with Gasteiger partial charge in [0.1, 0.15) is 0 Å². The third-order valence-corrected chi connectivity index (χ3v) is 0. The van der Waals surface area contributed by atoms with Crippen molar-refractivity contribution in [2.24, 2.45) is 11.8 Å². The smallest absolute Gasteiger partial charge is 0.00929 e. The van der Waals surface area contributed by atoms with Gasteiger partial charge in [0, 0.05) is 7.05 Å². The Labute approximate surface area is 41.2 Å². The molecule has 6 nitrogen and oxygen atoms in total. The molecule has 0 rings (SSSR count). The lowest BCUT2D eigenvalue weighted by molar-refractivity contribution is 0.194. The second-order valence-electron chi connectivity index (χ2n) is 0.224. The van der Waals surface area contributed by atoms with Crippen LogP contribution in [-0.2, 0) is 0 Å². The minimum atomic E-state index is 1.43. The molecule has 0 aromatic rings. The molecule has 0 spiro atoms. The van der Waals surface area contributed by atoms with Gasteiger partial charge in [-0.3, -0.25) is 0 Å². The van der Waals surface area contributed by atoms with E-state index >= 15 is 0 Å². The minimum Gasteiger partial charge on any atom is -0.320 e. The van der Waals surface area contributed by atoms with Gasteiger partial charge in [-0.05, 0) is 0 Å². The van der Waals surface area contributed by atoms with Gasteiger partial charge in [0.25, 0.3) is 0 Å². The van der Waals surface area contributed by atoms with Crippen LogP contribution in [0, 0.1) is 0 Å². The molecule has 0 radical (unpaired) electrons. The molecule has 0 atom stereocenters. The first-order valence-electron chi connectivity index (χ1n) is 1.24. The van der Waals surface area contributed by atoms with E-state index in [0.717, 1.165) is 0 Å². The van der Waals surface area contributed by atoms with E-state index in [0.29, 0.717) is 0 Å². The number of nitrogens with two attached hydrogens (primary N) is 2. The molecule has 0 aromatic heterocycles. The predicted molar refractivity (Wildman–Crippen MR) is 22.8 cm³/mol. The van der Waals surface area contributed by atoms with E-state index in [9.17, 15) is 0 Å². The summed E-state index contributed by atoms with van der Waals surface area (Å²) < 4.78 is 0. The van der Waals surface area contributed by atoms with Crippen molar-refractivity contribution < 1.29 is 15.6 Å². The molecule has 0 saturated heterocycles. The van der Waals surface area contributed by atoms with Gasteiger partial charge in [-0.1, -0.05) is 0 Å². The average Bonchev–Trinajstić information content (AvgIpc) is 1.78. The van der Waals surface area contributed by atoms with Crippen molar-refractivity contribution in [3.63, 3.8) is 0 Å². The maximum Gasteiger partial charge on any atom is 0.00929 e. The van der Waals surface area contributed by atoms with Crippen molar-refractivity contribution in [1.82, 2.24) is 5.48 Å². The summed E-state index contributed by atoms with van der Waals surface area (Å²) in [7, 11) is 1.43. The lowest BCUT2D eigenvalue weighted by Crippen LogP contribution is -1.91. The Morgan fingerprint density at radius 1 is 1.14 bits per heavy atom. The minimum absolute atomic E-state index is 1.43. The van der Waals surface area contributed by atoms with E-state index in [1.165, 1.54) is 7.05 Å². The third kappa shape index (κ3) is 1410. The number of nitrogens with one attached hydrogen (secondary N) is 1. The molecule has 0 aliphatic carbocycles. The fourth-order valence-corrected chi connectivity index (χ4v) is 0. The molecule has 0 aromatic carbocycles. The largest absolute Gasteiger partial charge is 0.320 e. The van der Waals surface area contributed by atoms with Gasteiger partial charge in [0.05, 0.1) is 0 Å². The van der Waals surface area contributed by atoms with Gasteiger partial charge >= 0.3 is 0 Å². The highest BCUT2D eigenvalue weighted by atomic mass is 16.5. The maximum absolute atomic E-state index is 7.32. The summed E-state index contributed by atoms with van der Waals surface area (Å²) in [5.74, 6) is 7.00. The van der Waals surface area contributed by atoms with Gasteiger partial charge < -0.3 is 15.6 Å². The summed E-state index contributed by atoms with van der Waals surface area (Å²) in [5.41, 5.74) is 1.75. The van der Waals surface area contributed by atoms with Gasteiger partial charge in [0.2, 0.25) is 0 Å². The van der Waals surface area contributed by atoms with Crippen molar-refractivity contribution in [2.45, 2.75) is 0 Å². The third-order valence-electron chi connectivity index (χ3n) is 0. The summed E-state index contributed by atoms with van der Waals surface area (Å²) in [6.45, 7) is 0. The van der Waals surface area contributed by atoms with Gasteiger partial charge in [-0.15, -0.1) is 0 Å². The van der Waals surface area contributed by atoms with Crippen molar-refractivity contribution in [1.29, 1.82) is 0 Å². The van der Waals surface area contributed by atoms with Crippen LogP contribution in [0.25, 0.3) is 0 Å². The van der Waals surface area contributed by atoms with Crippen LogP contribution in [0.2, 0.25) is 0 Å². The second-order valence-corrected chi connectivity index (χ2v) is 0.224. The molecule has 0 amide bonds. The molecular formula is CH11N3O3. The van der Waals surface area contributed by atoms with Crippen LogP contribution >= 0.6 is 0 Å². The van der Waals surface area contributed by atoms with E-state index in [2.05, 4.69) is 11.8 Å². The topological polar surface area (TPSA) is 125 Å². The average molecular weight is 113 g/mol. The highest BCUT2D eigenvalue weighted by Gasteiger charge is 1.24. The molecule has 7 heavy (non-hydrogen) atoms. The molecule has 0 saturated carbocycles. The second kappa shape index (κ2) is 226. The Balaban J connectivity index is -0.0000000360. The zero-order valence-electron chi connectivity index (χ0n) is 4.00. The SMILES string of the molecule is CNO.NO.NO. The van der Waals surface area contributed by atoms with Crippen molar-refractivity contribution >= 4 is 0 Å². The molecule has 0 bridgehead atoms. The van der Waals surface area contributed by atoms with Crippen LogP contribution < -0.4 is 17.3 Å². The fourth-order valence-electron chi connectivity index (χ4n) is 0. The number of rotatable bonds is 0. The van der Waals surface area contributed by atoms with Gasteiger partial charge in [-0.2, -0.15) is 0 Å². The molecule has 0 aliphatic rings. The standard InChI is InChI=1S/CH5NO.2H3NO/c1-2-3;2*1-2/h2-3H,1H3;2*2H,1H2. The number of hydroxylamine groups is 1. The van der Waals surface area contributed by atoms with Crippen molar-refractivity contribution in [3.05, 3.63) is 0 Å². The van der Waals surface area contributed by atoms with Crippen LogP contribution in [0.15, 0.2) is 0 Å². The lowest BCUT2D eigenvalue weighted by atomic mass is 11.6. The fraction of sp³-hybridized carbons (Fsp3) is 1.00. The first-order valence-corrected chi connectivity index (χ1v) is 1.24. The molecular weight excluding hydrogens is 102 g/mol. The number of hydrogen-bond acceptors (Lipinski definition) is 6. The van der Waals surface area contributed by atoms with E-state index in [1.54, 1.807) is 5.48 Å². The Kier molecular flexibility index (Phi) is 512. The molecule has 8 N–H and O–H groups in total. The van der Waals surface area contributed by atoms with Crippen molar-refractivity contribution in [2.75, 3.05) is 7.05 Å². The van der Waals surface area contributed by atoms with Crippen LogP contribution in [0.3, 0.4) is 0 Å². The Bertz CT molecular complexity index is 10.1. The maximum atomic E-state index is 7.32. The van der Waals surface area contributed by atoms with Crippen LogP contribution in [0.4, 0.5) is 0 Å². The summed E-state index contributed by atoms with van der Waals surface area (Å²) in [6, 6.07) is 0. The molecule has 0 unspecified atom stereocenters. The highest BCUT2D eigenvalue weighted by molar-refractivity contribution is 3.65. The van der Waals surface area contributed by atoms with E-state index in [1.807, 2.05) is 0 Å². The highest BCUT2D eigenvalue weighted by Crippen LogP contribution is 0.957. The Hall–Kier alpha value is -0.240. The zero-order valence-corrected chi connectivity index (χ0v) is 4.00. The quantitative estimate of drug-likeness (QED) is 0.207. The molecule has 48 valence electrons. The zero-order chi connectivity index (χ0) is 6.71. The molecule has 0 aliphatic heterocycles. The summed E-state index contributed by atoms with van der Waals surface area (Å²) in [4.78, 5) is 0. The monoisotopic (exact) mass is 113 g/mol. The summed E-state index contributed by atoms with van der Waals surface area (Å²) in [5, 5.41) is 20.3. The Morgan fingerprint density at radius 2 is 1.14 bits per heavy atom. The first kappa shape index (κ1) is 15.9. The van der Waals surface area contributed by atoms with Crippen LogP contribution in [0.1, 0.15) is 0 Å². The lowest BCUT2D eigenvalue weighted by Gasteiger charge is -1.60. The van der Waals surface area contributed by atoms with Gasteiger partial charge in [-0.25, -0.2) is 17.3 Å². The first-order chi connectivity index (χ1) is 3.41.